The first-order valence-electron chi connectivity index (χ1n) is 12.4. The van der Waals surface area contributed by atoms with Gasteiger partial charge in [0.1, 0.15) is 5.75 Å². The van der Waals surface area contributed by atoms with E-state index in [1.54, 1.807) is 24.3 Å². The van der Waals surface area contributed by atoms with Crippen LogP contribution in [0.15, 0.2) is 60.8 Å². The Labute approximate surface area is 215 Å². The molecule has 37 heavy (non-hydrogen) atoms. The largest absolute Gasteiger partial charge is 0.491 e. The van der Waals surface area contributed by atoms with E-state index in [-0.39, 0.29) is 23.5 Å². The van der Waals surface area contributed by atoms with Crippen molar-refractivity contribution in [3.63, 3.8) is 0 Å². The van der Waals surface area contributed by atoms with E-state index in [0.29, 0.717) is 23.4 Å². The summed E-state index contributed by atoms with van der Waals surface area (Å²) in [6.45, 7) is 9.91. The van der Waals surface area contributed by atoms with Gasteiger partial charge in [-0.05, 0) is 76.9 Å². The first-order valence-corrected chi connectivity index (χ1v) is 12.4. The number of benzene rings is 2. The number of aromatic nitrogens is 2. The monoisotopic (exact) mass is 514 g/mol. The molecule has 198 valence electrons. The SMILES string of the molecule is CC(C)Oc1cccc(NC(=O)[C@@H]2C[C@H](c3ccn(C(C)(C)C)n3)[C@H](c3cccc(C(F)(F)F)c3)N2)c1. The lowest BCUT2D eigenvalue weighted by atomic mass is 9.90. The number of nitrogens with zero attached hydrogens (tertiary/aromatic N) is 2. The number of nitrogens with one attached hydrogen (secondary N) is 2. The number of carbonyl (C=O) groups is 1. The molecule has 0 radical (unpaired) electrons. The Balaban J connectivity index is 1.62. The number of ether oxygens (including phenoxy) is 1. The summed E-state index contributed by atoms with van der Waals surface area (Å²) in [6, 6.07) is 13.1. The van der Waals surface area contributed by atoms with Gasteiger partial charge < -0.3 is 10.1 Å². The second-order valence-electron chi connectivity index (χ2n) is 10.7. The van der Waals surface area contributed by atoms with Crippen LogP contribution in [-0.4, -0.2) is 27.8 Å². The highest BCUT2D eigenvalue weighted by molar-refractivity contribution is 5.95. The molecule has 3 atom stereocenters. The topological polar surface area (TPSA) is 68.2 Å². The Hall–Kier alpha value is -3.33. The Morgan fingerprint density at radius 2 is 1.84 bits per heavy atom. The van der Waals surface area contributed by atoms with E-state index in [1.165, 1.54) is 6.07 Å². The summed E-state index contributed by atoms with van der Waals surface area (Å²) >= 11 is 0. The summed E-state index contributed by atoms with van der Waals surface area (Å²) in [7, 11) is 0. The molecule has 0 bridgehead atoms. The Morgan fingerprint density at radius 1 is 1.11 bits per heavy atom. The van der Waals surface area contributed by atoms with Crippen LogP contribution < -0.4 is 15.4 Å². The number of anilines is 1. The number of amides is 1. The van der Waals surface area contributed by atoms with Gasteiger partial charge in [-0.1, -0.05) is 18.2 Å². The van der Waals surface area contributed by atoms with Crippen LogP contribution in [0.5, 0.6) is 5.75 Å². The van der Waals surface area contributed by atoms with Gasteiger partial charge >= 0.3 is 6.18 Å². The molecule has 4 rings (SSSR count). The maximum absolute atomic E-state index is 13.5. The maximum atomic E-state index is 13.5. The lowest BCUT2D eigenvalue weighted by molar-refractivity contribution is -0.137. The number of hydrogen-bond acceptors (Lipinski definition) is 4. The molecule has 2 heterocycles. The van der Waals surface area contributed by atoms with Crippen molar-refractivity contribution in [1.82, 2.24) is 15.1 Å². The molecule has 2 N–H and O–H groups in total. The lowest BCUT2D eigenvalue weighted by Crippen LogP contribution is -2.36. The fraction of sp³-hybridized carbons (Fsp3) is 0.429. The summed E-state index contributed by atoms with van der Waals surface area (Å²) < 4.78 is 47.9. The maximum Gasteiger partial charge on any atom is 0.416 e. The molecule has 0 spiro atoms. The van der Waals surface area contributed by atoms with Crippen molar-refractivity contribution >= 4 is 11.6 Å². The van der Waals surface area contributed by atoms with Crippen LogP contribution in [0, 0.1) is 0 Å². The first-order chi connectivity index (χ1) is 17.3. The van der Waals surface area contributed by atoms with Crippen LogP contribution >= 0.6 is 0 Å². The van der Waals surface area contributed by atoms with Gasteiger partial charge in [0.05, 0.1) is 28.9 Å². The minimum Gasteiger partial charge on any atom is -0.491 e. The molecule has 2 aromatic carbocycles. The van der Waals surface area contributed by atoms with Gasteiger partial charge in [0, 0.05) is 29.9 Å². The van der Waals surface area contributed by atoms with Crippen molar-refractivity contribution in [1.29, 1.82) is 0 Å². The van der Waals surface area contributed by atoms with Crippen LogP contribution in [0.4, 0.5) is 18.9 Å². The number of rotatable bonds is 6. The molecule has 0 aliphatic carbocycles. The Bertz CT molecular complexity index is 1250. The van der Waals surface area contributed by atoms with Crippen molar-refractivity contribution in [3.8, 4) is 5.75 Å². The van der Waals surface area contributed by atoms with Gasteiger partial charge in [0.15, 0.2) is 0 Å². The van der Waals surface area contributed by atoms with E-state index in [0.717, 1.165) is 17.8 Å². The average molecular weight is 515 g/mol. The average Bonchev–Trinajstić information content (AvgIpc) is 3.46. The standard InChI is InChI=1S/C28H33F3N4O2/c1-17(2)37-21-11-7-10-20(15-21)32-26(36)24-16-22(23-12-13-35(34-23)27(3,4)5)25(33-24)18-8-6-9-19(14-18)28(29,30)31/h6-15,17,22,24-25,33H,16H2,1-5H3,(H,32,36)/t22-,24+,25+/m1/s1. The van der Waals surface area contributed by atoms with Gasteiger partial charge in [-0.3, -0.25) is 14.8 Å². The second kappa shape index (κ2) is 10.2. The third kappa shape index (κ3) is 6.33. The molecule has 1 aromatic heterocycles. The minimum absolute atomic E-state index is 0.00988. The number of carbonyl (C=O) groups excluding carboxylic acids is 1. The molecule has 1 fully saturated rings. The quantitative estimate of drug-likeness (QED) is 0.407. The fourth-order valence-electron chi connectivity index (χ4n) is 4.56. The lowest BCUT2D eigenvalue weighted by Gasteiger charge is -2.21. The van der Waals surface area contributed by atoms with E-state index in [1.807, 2.05) is 57.6 Å². The predicted molar refractivity (Wildman–Crippen MR) is 137 cm³/mol. The van der Waals surface area contributed by atoms with Gasteiger partial charge in [0.25, 0.3) is 0 Å². The Morgan fingerprint density at radius 3 is 2.49 bits per heavy atom. The van der Waals surface area contributed by atoms with E-state index >= 15 is 0 Å². The molecule has 6 nitrogen and oxygen atoms in total. The molecule has 9 heteroatoms. The molecule has 1 saturated heterocycles. The van der Waals surface area contributed by atoms with Crippen LogP contribution in [0.3, 0.4) is 0 Å². The number of alkyl halides is 3. The third-order valence-corrected chi connectivity index (χ3v) is 6.31. The molecule has 1 aliphatic rings. The second-order valence-corrected chi connectivity index (χ2v) is 10.7. The van der Waals surface area contributed by atoms with E-state index in [9.17, 15) is 18.0 Å². The van der Waals surface area contributed by atoms with E-state index in [2.05, 4.69) is 10.6 Å². The van der Waals surface area contributed by atoms with Crippen molar-refractivity contribution < 1.29 is 22.7 Å². The highest BCUT2D eigenvalue weighted by Crippen LogP contribution is 2.41. The predicted octanol–water partition coefficient (Wildman–Crippen LogP) is 6.27. The molecule has 0 unspecified atom stereocenters. The summed E-state index contributed by atoms with van der Waals surface area (Å²) in [4.78, 5) is 13.3. The highest BCUT2D eigenvalue weighted by Gasteiger charge is 2.41. The summed E-state index contributed by atoms with van der Waals surface area (Å²) in [6.07, 6.45) is -2.22. The van der Waals surface area contributed by atoms with Gasteiger partial charge in [0.2, 0.25) is 5.91 Å². The van der Waals surface area contributed by atoms with Crippen LogP contribution in [0.1, 0.15) is 69.8 Å². The molecular weight excluding hydrogens is 481 g/mol. The Kier molecular flexibility index (Phi) is 7.37. The van der Waals surface area contributed by atoms with Crippen LogP contribution in [0.25, 0.3) is 0 Å². The van der Waals surface area contributed by atoms with Crippen molar-refractivity contribution in [2.75, 3.05) is 5.32 Å². The molecule has 0 saturated carbocycles. The zero-order chi connectivity index (χ0) is 27.0. The van der Waals surface area contributed by atoms with Crippen LogP contribution in [-0.2, 0) is 16.5 Å². The number of halogens is 3. The summed E-state index contributed by atoms with van der Waals surface area (Å²) in [5, 5.41) is 10.9. The fourth-order valence-corrected chi connectivity index (χ4v) is 4.56. The van der Waals surface area contributed by atoms with Crippen molar-refractivity contribution in [2.24, 2.45) is 0 Å². The first kappa shape index (κ1) is 26.7. The third-order valence-electron chi connectivity index (χ3n) is 6.31. The van der Waals surface area contributed by atoms with Crippen LogP contribution in [0.2, 0.25) is 0 Å². The van der Waals surface area contributed by atoms with Gasteiger partial charge in [-0.25, -0.2) is 0 Å². The summed E-state index contributed by atoms with van der Waals surface area (Å²) in [5.74, 6) is 0.0782. The van der Waals surface area contributed by atoms with E-state index in [4.69, 9.17) is 9.84 Å². The molecular formula is C28H33F3N4O2. The smallest absolute Gasteiger partial charge is 0.416 e. The summed E-state index contributed by atoms with van der Waals surface area (Å²) in [5.41, 5.74) is 0.803. The zero-order valence-electron chi connectivity index (χ0n) is 21.6. The zero-order valence-corrected chi connectivity index (χ0v) is 21.6. The molecule has 1 amide bonds. The normalized spacial score (nSPS) is 20.3. The highest BCUT2D eigenvalue weighted by atomic mass is 19.4. The van der Waals surface area contributed by atoms with Gasteiger partial charge in [-0.15, -0.1) is 0 Å². The van der Waals surface area contributed by atoms with Crippen molar-refractivity contribution in [3.05, 3.63) is 77.6 Å². The van der Waals surface area contributed by atoms with Gasteiger partial charge in [-0.2, -0.15) is 18.3 Å². The minimum atomic E-state index is -4.46. The molecule has 3 aromatic rings. The number of hydrogen-bond donors (Lipinski definition) is 2. The van der Waals surface area contributed by atoms with E-state index < -0.39 is 23.8 Å². The van der Waals surface area contributed by atoms with Crippen molar-refractivity contribution in [2.45, 2.75) is 76.9 Å². The molecule has 1 aliphatic heterocycles.